The van der Waals surface area contributed by atoms with Crippen molar-refractivity contribution in [1.29, 1.82) is 0 Å². The van der Waals surface area contributed by atoms with Crippen LogP contribution < -0.4 is 11.1 Å². The molecule has 1 aromatic carbocycles. The van der Waals surface area contributed by atoms with E-state index in [1.807, 2.05) is 32.0 Å². The minimum Gasteiger partial charge on any atom is -0.399 e. The summed E-state index contributed by atoms with van der Waals surface area (Å²) in [5.74, 6) is 0.0531. The van der Waals surface area contributed by atoms with Crippen molar-refractivity contribution in [3.8, 4) is 0 Å². The van der Waals surface area contributed by atoms with E-state index in [4.69, 9.17) is 10.5 Å². The summed E-state index contributed by atoms with van der Waals surface area (Å²) in [7, 11) is 1.66. The normalized spacial score (nSPS) is 12.2. The first-order valence-corrected chi connectivity index (χ1v) is 7.22. The standard InChI is InChI=1S/C14H22N2O2S/c1-10-9-12(15)5-6-13(10)19-11(2)14(17)16-7-4-8-18-3/h5-6,9,11H,4,7-8,15H2,1-3H3,(H,16,17). The Labute approximate surface area is 119 Å². The van der Waals surface area contributed by atoms with Gasteiger partial charge in [-0.15, -0.1) is 11.8 Å². The lowest BCUT2D eigenvalue weighted by molar-refractivity contribution is -0.120. The summed E-state index contributed by atoms with van der Waals surface area (Å²) >= 11 is 1.55. The molecule has 1 atom stereocenters. The van der Waals surface area contributed by atoms with Crippen molar-refractivity contribution in [2.24, 2.45) is 0 Å². The Morgan fingerprint density at radius 1 is 1.53 bits per heavy atom. The smallest absolute Gasteiger partial charge is 0.233 e. The molecule has 1 unspecified atom stereocenters. The number of nitrogen functional groups attached to an aromatic ring is 1. The number of rotatable bonds is 7. The van der Waals surface area contributed by atoms with Crippen LogP contribution in [0.2, 0.25) is 0 Å². The van der Waals surface area contributed by atoms with E-state index in [0.29, 0.717) is 13.2 Å². The summed E-state index contributed by atoms with van der Waals surface area (Å²) in [4.78, 5) is 13.0. The molecule has 0 saturated heterocycles. The lowest BCUT2D eigenvalue weighted by Gasteiger charge is -2.13. The van der Waals surface area contributed by atoms with E-state index in [1.165, 1.54) is 0 Å². The number of nitrogens with one attached hydrogen (secondary N) is 1. The van der Waals surface area contributed by atoms with E-state index in [9.17, 15) is 4.79 Å². The summed E-state index contributed by atoms with van der Waals surface area (Å²) in [5.41, 5.74) is 7.56. The molecule has 19 heavy (non-hydrogen) atoms. The maximum Gasteiger partial charge on any atom is 0.233 e. The van der Waals surface area contributed by atoms with Crippen LogP contribution >= 0.6 is 11.8 Å². The number of ether oxygens (including phenoxy) is 1. The molecule has 0 aliphatic carbocycles. The van der Waals surface area contributed by atoms with Gasteiger partial charge in [0.2, 0.25) is 5.91 Å². The summed E-state index contributed by atoms with van der Waals surface area (Å²) in [6, 6.07) is 5.74. The molecule has 1 rings (SSSR count). The lowest BCUT2D eigenvalue weighted by atomic mass is 10.2. The Balaban J connectivity index is 2.45. The average molecular weight is 282 g/mol. The van der Waals surface area contributed by atoms with Gasteiger partial charge in [-0.2, -0.15) is 0 Å². The Bertz CT molecular complexity index is 424. The van der Waals surface area contributed by atoms with Crippen LogP contribution in [0.15, 0.2) is 23.1 Å². The first-order valence-electron chi connectivity index (χ1n) is 6.34. The van der Waals surface area contributed by atoms with Crippen molar-refractivity contribution in [2.45, 2.75) is 30.4 Å². The van der Waals surface area contributed by atoms with Gasteiger partial charge in [0.15, 0.2) is 0 Å². The largest absolute Gasteiger partial charge is 0.399 e. The fourth-order valence-corrected chi connectivity index (χ4v) is 2.58. The highest BCUT2D eigenvalue weighted by molar-refractivity contribution is 8.00. The minimum absolute atomic E-state index is 0.0531. The SMILES string of the molecule is COCCCNC(=O)C(C)Sc1ccc(N)cc1C. The van der Waals surface area contributed by atoms with Gasteiger partial charge in [-0.25, -0.2) is 0 Å². The Hall–Kier alpha value is -1.20. The quantitative estimate of drug-likeness (QED) is 0.457. The predicted molar refractivity (Wildman–Crippen MR) is 80.4 cm³/mol. The zero-order valence-corrected chi connectivity index (χ0v) is 12.5. The Morgan fingerprint density at radius 2 is 2.26 bits per heavy atom. The number of hydrogen-bond donors (Lipinski definition) is 2. The van der Waals surface area contributed by atoms with Crippen LogP contribution in [0, 0.1) is 6.92 Å². The van der Waals surface area contributed by atoms with Crippen molar-refractivity contribution in [1.82, 2.24) is 5.32 Å². The van der Waals surface area contributed by atoms with E-state index >= 15 is 0 Å². The molecule has 0 saturated carbocycles. The van der Waals surface area contributed by atoms with Crippen molar-refractivity contribution in [2.75, 3.05) is 26.0 Å². The number of anilines is 1. The highest BCUT2D eigenvalue weighted by Crippen LogP contribution is 2.27. The van der Waals surface area contributed by atoms with Gasteiger partial charge >= 0.3 is 0 Å². The third kappa shape index (κ3) is 5.53. The van der Waals surface area contributed by atoms with Crippen LogP contribution in [0.25, 0.3) is 0 Å². The molecule has 3 N–H and O–H groups in total. The second-order valence-electron chi connectivity index (χ2n) is 4.42. The number of methoxy groups -OCH3 is 1. The molecular formula is C14H22N2O2S. The van der Waals surface area contributed by atoms with E-state index in [2.05, 4.69) is 5.32 Å². The predicted octanol–water partition coefficient (Wildman–Crippen LogP) is 2.21. The van der Waals surface area contributed by atoms with Crippen LogP contribution in [0.4, 0.5) is 5.69 Å². The first kappa shape index (κ1) is 15.9. The van der Waals surface area contributed by atoms with Crippen LogP contribution in [0.1, 0.15) is 18.9 Å². The topological polar surface area (TPSA) is 64.3 Å². The highest BCUT2D eigenvalue weighted by atomic mass is 32.2. The second kappa shape index (κ2) is 8.07. The third-order valence-corrected chi connectivity index (χ3v) is 3.98. The molecule has 0 radical (unpaired) electrons. The van der Waals surface area contributed by atoms with Crippen LogP contribution in [0.3, 0.4) is 0 Å². The molecular weight excluding hydrogens is 260 g/mol. The van der Waals surface area contributed by atoms with Crippen molar-refractivity contribution < 1.29 is 9.53 Å². The van der Waals surface area contributed by atoms with Crippen molar-refractivity contribution in [3.05, 3.63) is 23.8 Å². The maximum absolute atomic E-state index is 11.9. The molecule has 0 fully saturated rings. The van der Waals surface area contributed by atoms with Gasteiger partial charge in [0.05, 0.1) is 5.25 Å². The van der Waals surface area contributed by atoms with E-state index in [0.717, 1.165) is 22.6 Å². The van der Waals surface area contributed by atoms with Crippen LogP contribution in [0.5, 0.6) is 0 Å². The minimum atomic E-state index is -0.120. The molecule has 0 aliphatic rings. The number of hydrogen-bond acceptors (Lipinski definition) is 4. The van der Waals surface area contributed by atoms with Crippen molar-refractivity contribution in [3.63, 3.8) is 0 Å². The Morgan fingerprint density at radius 3 is 2.89 bits per heavy atom. The fourth-order valence-electron chi connectivity index (χ4n) is 1.62. The first-order chi connectivity index (χ1) is 9.04. The molecule has 0 bridgehead atoms. The van der Waals surface area contributed by atoms with E-state index < -0.39 is 0 Å². The summed E-state index contributed by atoms with van der Waals surface area (Å²) in [6.07, 6.45) is 0.834. The molecule has 1 amide bonds. The van der Waals surface area contributed by atoms with Gasteiger partial charge in [-0.05, 0) is 44.0 Å². The van der Waals surface area contributed by atoms with Gasteiger partial charge < -0.3 is 15.8 Å². The van der Waals surface area contributed by atoms with Gasteiger partial charge in [-0.3, -0.25) is 4.79 Å². The number of amides is 1. The monoisotopic (exact) mass is 282 g/mol. The molecule has 0 spiro atoms. The summed E-state index contributed by atoms with van der Waals surface area (Å²) in [6.45, 7) is 5.23. The fraction of sp³-hybridized carbons (Fsp3) is 0.500. The van der Waals surface area contributed by atoms with Gasteiger partial charge in [-0.1, -0.05) is 0 Å². The average Bonchev–Trinajstić information content (AvgIpc) is 2.37. The lowest BCUT2D eigenvalue weighted by Crippen LogP contribution is -2.32. The number of carbonyl (C=O) groups is 1. The molecule has 0 heterocycles. The van der Waals surface area contributed by atoms with Gasteiger partial charge in [0, 0.05) is 30.8 Å². The maximum atomic E-state index is 11.9. The molecule has 0 aliphatic heterocycles. The zero-order chi connectivity index (χ0) is 14.3. The Kier molecular flexibility index (Phi) is 6.73. The number of carbonyl (C=O) groups excluding carboxylic acids is 1. The van der Waals surface area contributed by atoms with Crippen LogP contribution in [-0.4, -0.2) is 31.4 Å². The molecule has 106 valence electrons. The van der Waals surface area contributed by atoms with Gasteiger partial charge in [0.25, 0.3) is 0 Å². The summed E-state index contributed by atoms with van der Waals surface area (Å²) in [5, 5.41) is 2.78. The number of aryl methyl sites for hydroxylation is 1. The molecule has 5 heteroatoms. The molecule has 0 aromatic heterocycles. The van der Waals surface area contributed by atoms with E-state index in [-0.39, 0.29) is 11.2 Å². The highest BCUT2D eigenvalue weighted by Gasteiger charge is 2.14. The summed E-state index contributed by atoms with van der Waals surface area (Å²) < 4.78 is 4.94. The number of thioether (sulfide) groups is 1. The molecule has 4 nitrogen and oxygen atoms in total. The van der Waals surface area contributed by atoms with Crippen LogP contribution in [-0.2, 0) is 9.53 Å². The zero-order valence-electron chi connectivity index (χ0n) is 11.7. The third-order valence-electron chi connectivity index (χ3n) is 2.70. The van der Waals surface area contributed by atoms with Crippen molar-refractivity contribution >= 4 is 23.4 Å². The second-order valence-corrected chi connectivity index (χ2v) is 5.81. The molecule has 1 aromatic rings. The number of nitrogens with two attached hydrogens (primary N) is 1. The van der Waals surface area contributed by atoms with E-state index in [1.54, 1.807) is 18.9 Å². The van der Waals surface area contributed by atoms with Gasteiger partial charge in [0.1, 0.15) is 0 Å². The number of benzene rings is 1.